The van der Waals surface area contributed by atoms with Gasteiger partial charge in [0.1, 0.15) is 11.6 Å². The van der Waals surface area contributed by atoms with Gasteiger partial charge in [0.15, 0.2) is 0 Å². The van der Waals surface area contributed by atoms with Crippen LogP contribution in [-0.2, 0) is 0 Å². The first-order chi connectivity index (χ1) is 8.13. The number of nitrogens with two attached hydrogens (primary N) is 1. The lowest BCUT2D eigenvalue weighted by Gasteiger charge is -2.17. The summed E-state index contributed by atoms with van der Waals surface area (Å²) in [4.78, 5) is 0. The summed E-state index contributed by atoms with van der Waals surface area (Å²) in [5.74, 6) is 1.59. The Morgan fingerprint density at radius 3 is 2.76 bits per heavy atom. The van der Waals surface area contributed by atoms with Gasteiger partial charge >= 0.3 is 0 Å². The van der Waals surface area contributed by atoms with Gasteiger partial charge in [0.25, 0.3) is 0 Å². The molecule has 0 amide bonds. The molecule has 0 spiro atoms. The van der Waals surface area contributed by atoms with Crippen molar-refractivity contribution in [1.82, 2.24) is 5.32 Å². The summed E-state index contributed by atoms with van der Waals surface area (Å²) in [5.41, 5.74) is 5.64. The summed E-state index contributed by atoms with van der Waals surface area (Å²) in [5, 5.41) is 3.08. The molecule has 17 heavy (non-hydrogen) atoms. The Morgan fingerprint density at radius 1 is 1.47 bits per heavy atom. The van der Waals surface area contributed by atoms with Crippen LogP contribution in [0.2, 0.25) is 0 Å². The number of hydrogen-bond acceptors (Lipinski definition) is 3. The molecule has 1 aliphatic heterocycles. The summed E-state index contributed by atoms with van der Waals surface area (Å²) in [6.07, 6.45) is 2.99. The van der Waals surface area contributed by atoms with E-state index in [9.17, 15) is 4.39 Å². The van der Waals surface area contributed by atoms with E-state index in [0.717, 1.165) is 18.8 Å². The average molecular weight is 236 g/mol. The molecule has 0 saturated carbocycles. The molecule has 1 aromatic carbocycles. The average Bonchev–Trinajstić information content (AvgIpc) is 2.67. The molecule has 0 fully saturated rings. The Kier molecular flexibility index (Phi) is 3.52. The highest BCUT2D eigenvalue weighted by atomic mass is 19.1. The van der Waals surface area contributed by atoms with Crippen LogP contribution in [0, 0.1) is 11.7 Å². The largest absolute Gasteiger partial charge is 0.491 e. The molecular weight excluding hydrogens is 219 g/mol. The maximum atomic E-state index is 12.7. The lowest BCUT2D eigenvalue weighted by Crippen LogP contribution is -2.20. The van der Waals surface area contributed by atoms with Crippen molar-refractivity contribution >= 4 is 0 Å². The summed E-state index contributed by atoms with van der Waals surface area (Å²) >= 11 is 0. The van der Waals surface area contributed by atoms with E-state index in [1.54, 1.807) is 12.1 Å². The van der Waals surface area contributed by atoms with Gasteiger partial charge < -0.3 is 15.8 Å². The minimum atomic E-state index is -0.249. The van der Waals surface area contributed by atoms with Crippen molar-refractivity contribution in [3.05, 3.63) is 42.0 Å². The van der Waals surface area contributed by atoms with Crippen molar-refractivity contribution in [2.75, 3.05) is 6.54 Å². The van der Waals surface area contributed by atoms with E-state index in [2.05, 4.69) is 5.32 Å². The van der Waals surface area contributed by atoms with Crippen LogP contribution in [0.3, 0.4) is 0 Å². The van der Waals surface area contributed by atoms with Crippen molar-refractivity contribution in [3.63, 3.8) is 0 Å². The molecule has 2 rings (SSSR count). The van der Waals surface area contributed by atoms with Crippen molar-refractivity contribution < 1.29 is 9.13 Å². The Hall–Kier alpha value is -1.71. The molecule has 0 unspecified atom stereocenters. The molecule has 2 atom stereocenters. The summed E-state index contributed by atoms with van der Waals surface area (Å²) in [7, 11) is 0. The van der Waals surface area contributed by atoms with Crippen LogP contribution in [0.5, 0.6) is 5.75 Å². The third kappa shape index (κ3) is 3.37. The van der Waals surface area contributed by atoms with Crippen LogP contribution in [0.15, 0.2) is 36.2 Å². The second kappa shape index (κ2) is 5.08. The second-order valence-corrected chi connectivity index (χ2v) is 4.38. The zero-order valence-corrected chi connectivity index (χ0v) is 9.82. The van der Waals surface area contributed by atoms with Crippen molar-refractivity contribution in [3.8, 4) is 5.75 Å². The van der Waals surface area contributed by atoms with E-state index in [1.165, 1.54) is 12.1 Å². The lowest BCUT2D eigenvalue weighted by atomic mass is 10.0. The molecule has 3 N–H and O–H groups in total. The maximum absolute atomic E-state index is 12.7. The molecule has 0 radical (unpaired) electrons. The Bertz CT molecular complexity index is 402. The van der Waals surface area contributed by atoms with E-state index in [0.29, 0.717) is 11.7 Å². The van der Waals surface area contributed by atoms with Crippen molar-refractivity contribution in [2.45, 2.75) is 19.4 Å². The molecule has 1 aromatic rings. The molecule has 1 heterocycles. The predicted molar refractivity (Wildman–Crippen MR) is 64.9 cm³/mol. The highest BCUT2D eigenvalue weighted by Crippen LogP contribution is 2.19. The van der Waals surface area contributed by atoms with Crippen LogP contribution in [0.4, 0.5) is 4.39 Å². The quantitative estimate of drug-likeness (QED) is 0.840. The van der Waals surface area contributed by atoms with Gasteiger partial charge in [-0.15, -0.1) is 0 Å². The fourth-order valence-corrected chi connectivity index (χ4v) is 1.99. The molecule has 0 bridgehead atoms. The third-order valence-electron chi connectivity index (χ3n) is 2.77. The van der Waals surface area contributed by atoms with Gasteiger partial charge in [-0.05, 0) is 43.7 Å². The first-order valence-corrected chi connectivity index (χ1v) is 5.77. The van der Waals surface area contributed by atoms with E-state index in [4.69, 9.17) is 10.5 Å². The fraction of sp³-hybridized carbons (Fsp3) is 0.385. The molecule has 3 nitrogen and oxygen atoms in total. The molecular formula is C13H17FN2O. The van der Waals surface area contributed by atoms with Crippen LogP contribution < -0.4 is 15.8 Å². The number of nitrogens with one attached hydrogen (secondary N) is 1. The Labute approximate surface area is 100 Å². The highest BCUT2D eigenvalue weighted by molar-refractivity contribution is 5.22. The Morgan fingerprint density at radius 2 is 2.18 bits per heavy atom. The summed E-state index contributed by atoms with van der Waals surface area (Å²) in [6, 6.07) is 6.08. The molecule has 4 heteroatoms. The SMILES string of the molecule is C[C@H](C[C@H]1C=C(N)NC1)Oc1ccc(F)cc1. The van der Waals surface area contributed by atoms with E-state index in [1.807, 2.05) is 13.0 Å². The molecule has 1 aliphatic rings. The smallest absolute Gasteiger partial charge is 0.123 e. The maximum Gasteiger partial charge on any atom is 0.123 e. The van der Waals surface area contributed by atoms with Crippen LogP contribution in [0.1, 0.15) is 13.3 Å². The van der Waals surface area contributed by atoms with Crippen molar-refractivity contribution in [1.29, 1.82) is 0 Å². The number of ether oxygens (including phenoxy) is 1. The normalized spacial score (nSPS) is 20.6. The second-order valence-electron chi connectivity index (χ2n) is 4.38. The molecule has 0 aliphatic carbocycles. The molecule has 92 valence electrons. The number of benzene rings is 1. The van der Waals surface area contributed by atoms with Gasteiger partial charge in [-0.3, -0.25) is 0 Å². The van der Waals surface area contributed by atoms with Gasteiger partial charge in [-0.25, -0.2) is 4.39 Å². The van der Waals surface area contributed by atoms with Gasteiger partial charge in [-0.1, -0.05) is 0 Å². The first kappa shape index (κ1) is 11.8. The van der Waals surface area contributed by atoms with E-state index < -0.39 is 0 Å². The lowest BCUT2D eigenvalue weighted by molar-refractivity contribution is 0.196. The Balaban J connectivity index is 1.85. The number of rotatable bonds is 4. The topological polar surface area (TPSA) is 47.3 Å². The fourth-order valence-electron chi connectivity index (χ4n) is 1.99. The standard InChI is InChI=1S/C13H17FN2O/c1-9(6-10-7-13(15)16-8-10)17-12-4-2-11(14)3-5-12/h2-5,7,9-10,16H,6,8,15H2,1H3/t9-,10+/m1/s1. The molecule has 0 saturated heterocycles. The zero-order chi connectivity index (χ0) is 12.3. The van der Waals surface area contributed by atoms with Crippen LogP contribution in [0.25, 0.3) is 0 Å². The molecule has 0 aromatic heterocycles. The van der Waals surface area contributed by atoms with Crippen LogP contribution >= 0.6 is 0 Å². The zero-order valence-electron chi connectivity index (χ0n) is 9.82. The van der Waals surface area contributed by atoms with E-state index >= 15 is 0 Å². The van der Waals surface area contributed by atoms with E-state index in [-0.39, 0.29) is 11.9 Å². The predicted octanol–water partition coefficient (Wildman–Crippen LogP) is 2.00. The summed E-state index contributed by atoms with van der Waals surface area (Å²) < 4.78 is 18.4. The number of hydrogen-bond donors (Lipinski definition) is 2. The van der Waals surface area contributed by atoms with Gasteiger partial charge in [0, 0.05) is 12.5 Å². The van der Waals surface area contributed by atoms with Gasteiger partial charge in [-0.2, -0.15) is 0 Å². The minimum Gasteiger partial charge on any atom is -0.491 e. The van der Waals surface area contributed by atoms with Crippen LogP contribution in [-0.4, -0.2) is 12.6 Å². The number of halogens is 1. The van der Waals surface area contributed by atoms with Gasteiger partial charge in [0.2, 0.25) is 0 Å². The third-order valence-corrected chi connectivity index (χ3v) is 2.77. The van der Waals surface area contributed by atoms with Gasteiger partial charge in [0.05, 0.1) is 11.9 Å². The first-order valence-electron chi connectivity index (χ1n) is 5.77. The highest BCUT2D eigenvalue weighted by Gasteiger charge is 2.17. The summed E-state index contributed by atoms with van der Waals surface area (Å²) in [6.45, 7) is 2.87. The minimum absolute atomic E-state index is 0.0782. The monoisotopic (exact) mass is 236 g/mol. The van der Waals surface area contributed by atoms with Crippen molar-refractivity contribution in [2.24, 2.45) is 11.7 Å².